The van der Waals surface area contributed by atoms with Gasteiger partial charge in [-0.2, -0.15) is 0 Å². The maximum atomic E-state index is 12.9. The first-order chi connectivity index (χ1) is 10.2. The second-order valence-corrected chi connectivity index (χ2v) is 7.19. The average molecular weight is 292 g/mol. The highest BCUT2D eigenvalue weighted by atomic mass is 16.2. The molecule has 2 atom stereocenters. The molecule has 2 unspecified atom stereocenters. The van der Waals surface area contributed by atoms with Gasteiger partial charge in [0.25, 0.3) is 0 Å². The van der Waals surface area contributed by atoms with Crippen LogP contribution < -0.4 is 5.32 Å². The van der Waals surface area contributed by atoms with Crippen molar-refractivity contribution < 1.29 is 9.59 Å². The SMILES string of the molecule is CC(C1CCCC1)N1CC(=O)NC(C2CCCCC2)C1=O. The maximum Gasteiger partial charge on any atom is 0.246 e. The van der Waals surface area contributed by atoms with Gasteiger partial charge in [-0.25, -0.2) is 0 Å². The van der Waals surface area contributed by atoms with Crippen LogP contribution in [0.1, 0.15) is 64.7 Å². The molecule has 4 nitrogen and oxygen atoms in total. The fourth-order valence-corrected chi connectivity index (χ4v) is 4.52. The third kappa shape index (κ3) is 3.09. The molecule has 0 bridgehead atoms. The summed E-state index contributed by atoms with van der Waals surface area (Å²) < 4.78 is 0. The summed E-state index contributed by atoms with van der Waals surface area (Å²) in [4.78, 5) is 26.8. The lowest BCUT2D eigenvalue weighted by Crippen LogP contribution is -2.63. The van der Waals surface area contributed by atoms with Gasteiger partial charge in [0.2, 0.25) is 11.8 Å². The van der Waals surface area contributed by atoms with Crippen molar-refractivity contribution in [3.63, 3.8) is 0 Å². The lowest BCUT2D eigenvalue weighted by Gasteiger charge is -2.42. The summed E-state index contributed by atoms with van der Waals surface area (Å²) in [6, 6.07) is -0.0347. The van der Waals surface area contributed by atoms with Crippen LogP contribution in [0.3, 0.4) is 0 Å². The molecule has 3 aliphatic rings. The standard InChI is InChI=1S/C17H28N2O2/c1-12(13-7-5-6-8-13)19-11-15(20)18-16(17(19)21)14-9-3-2-4-10-14/h12-14,16H,2-11H2,1H3,(H,18,20). The van der Waals surface area contributed by atoms with E-state index in [2.05, 4.69) is 12.2 Å². The molecule has 1 N–H and O–H groups in total. The van der Waals surface area contributed by atoms with Crippen molar-refractivity contribution in [3.8, 4) is 0 Å². The van der Waals surface area contributed by atoms with Crippen molar-refractivity contribution in [3.05, 3.63) is 0 Å². The van der Waals surface area contributed by atoms with Crippen LogP contribution in [0.4, 0.5) is 0 Å². The summed E-state index contributed by atoms with van der Waals surface area (Å²) in [7, 11) is 0. The molecule has 2 amide bonds. The van der Waals surface area contributed by atoms with E-state index in [1.165, 1.54) is 44.9 Å². The maximum absolute atomic E-state index is 12.9. The molecule has 0 aromatic rings. The molecule has 0 aromatic heterocycles. The zero-order chi connectivity index (χ0) is 14.8. The largest absolute Gasteiger partial charge is 0.342 e. The van der Waals surface area contributed by atoms with Gasteiger partial charge in [-0.3, -0.25) is 9.59 Å². The van der Waals surface area contributed by atoms with Crippen molar-refractivity contribution in [2.24, 2.45) is 11.8 Å². The molecule has 4 heteroatoms. The minimum Gasteiger partial charge on any atom is -0.342 e. The zero-order valence-electron chi connectivity index (χ0n) is 13.1. The molecule has 3 rings (SSSR count). The van der Waals surface area contributed by atoms with Crippen molar-refractivity contribution in [2.45, 2.75) is 76.8 Å². The molecule has 1 saturated heterocycles. The number of carbonyl (C=O) groups is 2. The van der Waals surface area contributed by atoms with Crippen molar-refractivity contribution in [2.75, 3.05) is 6.54 Å². The summed E-state index contributed by atoms with van der Waals surface area (Å²) in [5.74, 6) is 1.16. The van der Waals surface area contributed by atoms with E-state index < -0.39 is 0 Å². The highest BCUT2D eigenvalue weighted by Crippen LogP contribution is 2.33. The Morgan fingerprint density at radius 1 is 1.00 bits per heavy atom. The van der Waals surface area contributed by atoms with Crippen LogP contribution in [-0.2, 0) is 9.59 Å². The van der Waals surface area contributed by atoms with Crippen molar-refractivity contribution in [1.29, 1.82) is 0 Å². The number of rotatable bonds is 3. The predicted molar refractivity (Wildman–Crippen MR) is 81.6 cm³/mol. The topological polar surface area (TPSA) is 49.4 Å². The first-order valence-corrected chi connectivity index (χ1v) is 8.76. The monoisotopic (exact) mass is 292 g/mol. The Kier molecular flexibility index (Phi) is 4.51. The first-order valence-electron chi connectivity index (χ1n) is 8.76. The summed E-state index contributed by atoms with van der Waals surface area (Å²) in [5.41, 5.74) is 0. The van der Waals surface area contributed by atoms with Crippen LogP contribution >= 0.6 is 0 Å². The molecule has 0 radical (unpaired) electrons. The Bertz CT molecular complexity index is 398. The molecular weight excluding hydrogens is 264 g/mol. The fraction of sp³-hybridized carbons (Fsp3) is 0.882. The molecule has 2 aliphatic carbocycles. The Morgan fingerprint density at radius 2 is 1.62 bits per heavy atom. The number of nitrogens with one attached hydrogen (secondary N) is 1. The highest BCUT2D eigenvalue weighted by molar-refractivity contribution is 5.95. The van der Waals surface area contributed by atoms with Gasteiger partial charge >= 0.3 is 0 Å². The number of hydrogen-bond donors (Lipinski definition) is 1. The molecule has 21 heavy (non-hydrogen) atoms. The van der Waals surface area contributed by atoms with E-state index in [0.717, 1.165) is 12.8 Å². The lowest BCUT2D eigenvalue weighted by molar-refractivity contribution is -0.149. The quantitative estimate of drug-likeness (QED) is 0.868. The molecule has 2 saturated carbocycles. The number of hydrogen-bond acceptors (Lipinski definition) is 2. The van der Waals surface area contributed by atoms with Gasteiger partial charge in [0.05, 0.1) is 6.54 Å². The highest BCUT2D eigenvalue weighted by Gasteiger charge is 2.41. The molecule has 3 fully saturated rings. The van der Waals surface area contributed by atoms with Gasteiger partial charge in [0.15, 0.2) is 0 Å². The van der Waals surface area contributed by atoms with Gasteiger partial charge in [-0.05, 0) is 44.4 Å². The predicted octanol–water partition coefficient (Wildman–Crippen LogP) is 2.47. The zero-order valence-corrected chi connectivity index (χ0v) is 13.1. The Balaban J connectivity index is 1.71. The first kappa shape index (κ1) is 14.9. The van der Waals surface area contributed by atoms with Crippen LogP contribution in [0, 0.1) is 11.8 Å². The van der Waals surface area contributed by atoms with Crippen molar-refractivity contribution >= 4 is 11.8 Å². The van der Waals surface area contributed by atoms with Gasteiger partial charge in [-0.1, -0.05) is 32.1 Å². The van der Waals surface area contributed by atoms with E-state index in [1.807, 2.05) is 4.90 Å². The van der Waals surface area contributed by atoms with Gasteiger partial charge in [-0.15, -0.1) is 0 Å². The second-order valence-electron chi connectivity index (χ2n) is 7.19. The molecule has 118 valence electrons. The smallest absolute Gasteiger partial charge is 0.246 e. The molecular formula is C17H28N2O2. The second kappa shape index (κ2) is 6.37. The third-order valence-electron chi connectivity index (χ3n) is 5.87. The summed E-state index contributed by atoms with van der Waals surface area (Å²) in [5, 5.41) is 2.98. The summed E-state index contributed by atoms with van der Waals surface area (Å²) >= 11 is 0. The van der Waals surface area contributed by atoms with Crippen LogP contribution in [0.2, 0.25) is 0 Å². The summed E-state index contributed by atoms with van der Waals surface area (Å²) in [6.07, 6.45) is 10.8. The van der Waals surface area contributed by atoms with Crippen LogP contribution in [0.15, 0.2) is 0 Å². The molecule has 1 heterocycles. The Labute approximate surface area is 127 Å². The van der Waals surface area contributed by atoms with E-state index in [1.54, 1.807) is 0 Å². The van der Waals surface area contributed by atoms with E-state index in [9.17, 15) is 9.59 Å². The number of carbonyl (C=O) groups excluding carboxylic acids is 2. The minimum atomic E-state index is -0.254. The van der Waals surface area contributed by atoms with Gasteiger partial charge in [0, 0.05) is 6.04 Å². The number of amides is 2. The van der Waals surface area contributed by atoms with E-state index in [4.69, 9.17) is 0 Å². The van der Waals surface area contributed by atoms with E-state index in [0.29, 0.717) is 11.8 Å². The lowest BCUT2D eigenvalue weighted by atomic mass is 9.82. The average Bonchev–Trinajstić information content (AvgIpc) is 3.04. The minimum absolute atomic E-state index is 0.0371. The van der Waals surface area contributed by atoms with Crippen LogP contribution in [-0.4, -0.2) is 35.3 Å². The van der Waals surface area contributed by atoms with E-state index >= 15 is 0 Å². The van der Waals surface area contributed by atoms with E-state index in [-0.39, 0.29) is 30.4 Å². The molecule has 0 spiro atoms. The normalized spacial score (nSPS) is 30.5. The Morgan fingerprint density at radius 3 is 2.29 bits per heavy atom. The number of nitrogens with zero attached hydrogens (tertiary/aromatic N) is 1. The van der Waals surface area contributed by atoms with Crippen molar-refractivity contribution in [1.82, 2.24) is 10.2 Å². The van der Waals surface area contributed by atoms with Crippen LogP contribution in [0.25, 0.3) is 0 Å². The summed E-state index contributed by atoms with van der Waals surface area (Å²) in [6.45, 7) is 2.41. The molecule has 1 aliphatic heterocycles. The molecule has 0 aromatic carbocycles. The third-order valence-corrected chi connectivity index (χ3v) is 5.87. The van der Waals surface area contributed by atoms with Crippen LogP contribution in [0.5, 0.6) is 0 Å². The Hall–Kier alpha value is -1.06. The van der Waals surface area contributed by atoms with Gasteiger partial charge in [0.1, 0.15) is 6.04 Å². The fourth-order valence-electron chi connectivity index (χ4n) is 4.52. The van der Waals surface area contributed by atoms with Gasteiger partial charge < -0.3 is 10.2 Å². The number of piperazine rings is 1.